The van der Waals surface area contributed by atoms with Gasteiger partial charge in [0.25, 0.3) is 0 Å². The molecule has 0 heterocycles. The maximum absolute atomic E-state index is 8.82. The fourth-order valence-electron chi connectivity index (χ4n) is 1.11. The molecule has 0 amide bonds. The molecule has 0 rings (SSSR count). The molecule has 1 N–H and O–H groups in total. The highest BCUT2D eigenvalue weighted by molar-refractivity contribution is 4.74. The number of rotatable bonds is 6. The average molecular weight is 185 g/mol. The molecule has 0 atom stereocenters. The van der Waals surface area contributed by atoms with Crippen LogP contribution in [0.1, 0.15) is 27.2 Å². The van der Waals surface area contributed by atoms with Crippen LogP contribution < -0.4 is 0 Å². The molecule has 0 aliphatic rings. The molecule has 0 saturated heterocycles. The highest BCUT2D eigenvalue weighted by atomic mass is 16.3. The molecule has 0 unspecified atom stereocenters. The third kappa shape index (κ3) is 8.00. The minimum absolute atomic E-state index is 0.234. The first-order chi connectivity index (χ1) is 5.99. The fraction of sp³-hybridized carbons (Fsp3) is 0.818. The van der Waals surface area contributed by atoms with Gasteiger partial charge in [0.15, 0.2) is 0 Å². The molecule has 2 nitrogen and oxygen atoms in total. The zero-order valence-corrected chi connectivity index (χ0v) is 9.21. The van der Waals surface area contributed by atoms with E-state index in [1.165, 1.54) is 0 Å². The lowest BCUT2D eigenvalue weighted by molar-refractivity contribution is 0.189. The molecule has 2 heteroatoms. The van der Waals surface area contributed by atoms with Crippen LogP contribution in [0, 0.1) is 5.41 Å². The smallest absolute Gasteiger partial charge is 0.0558 e. The molecule has 78 valence electrons. The largest absolute Gasteiger partial charge is 0.395 e. The van der Waals surface area contributed by atoms with Gasteiger partial charge >= 0.3 is 0 Å². The molecular weight excluding hydrogens is 162 g/mol. The van der Waals surface area contributed by atoms with E-state index >= 15 is 0 Å². The van der Waals surface area contributed by atoms with Gasteiger partial charge in [-0.3, -0.25) is 4.90 Å². The van der Waals surface area contributed by atoms with E-state index < -0.39 is 0 Å². The second kappa shape index (κ2) is 6.17. The van der Waals surface area contributed by atoms with Crippen LogP contribution in [0.4, 0.5) is 0 Å². The molecule has 0 radical (unpaired) electrons. The molecule has 0 aromatic rings. The molecule has 0 saturated carbocycles. The zero-order valence-electron chi connectivity index (χ0n) is 9.21. The molecule has 0 aromatic heterocycles. The van der Waals surface area contributed by atoms with Crippen molar-refractivity contribution in [3.63, 3.8) is 0 Å². The third-order valence-corrected chi connectivity index (χ3v) is 1.98. The Balaban J connectivity index is 3.74. The van der Waals surface area contributed by atoms with E-state index in [1.54, 1.807) is 0 Å². The van der Waals surface area contributed by atoms with Crippen LogP contribution >= 0.6 is 0 Å². The van der Waals surface area contributed by atoms with Gasteiger partial charge in [0.2, 0.25) is 0 Å². The summed E-state index contributed by atoms with van der Waals surface area (Å²) < 4.78 is 0. The second-order valence-electron chi connectivity index (χ2n) is 4.62. The number of nitrogens with zero attached hydrogens (tertiary/aromatic N) is 1. The van der Waals surface area contributed by atoms with Crippen LogP contribution in [0.3, 0.4) is 0 Å². The van der Waals surface area contributed by atoms with Crippen LogP contribution in [0.2, 0.25) is 0 Å². The number of aliphatic hydroxyl groups is 1. The van der Waals surface area contributed by atoms with Crippen molar-refractivity contribution in [1.82, 2.24) is 4.90 Å². The van der Waals surface area contributed by atoms with Crippen LogP contribution in [-0.2, 0) is 0 Å². The van der Waals surface area contributed by atoms with Crippen molar-refractivity contribution in [3.8, 4) is 0 Å². The van der Waals surface area contributed by atoms with E-state index in [0.29, 0.717) is 5.41 Å². The predicted octanol–water partition coefficient (Wildman–Crippen LogP) is 1.90. The Hall–Kier alpha value is -0.340. The molecule has 13 heavy (non-hydrogen) atoms. The van der Waals surface area contributed by atoms with Gasteiger partial charge in [-0.25, -0.2) is 0 Å². The lowest BCUT2D eigenvalue weighted by atomic mass is 9.92. The van der Waals surface area contributed by atoms with Gasteiger partial charge in [0.1, 0.15) is 0 Å². The summed E-state index contributed by atoms with van der Waals surface area (Å²) in [7, 11) is 0. The lowest BCUT2D eigenvalue weighted by Crippen LogP contribution is -2.30. The van der Waals surface area contributed by atoms with E-state index in [2.05, 4.69) is 32.3 Å². The van der Waals surface area contributed by atoms with Crippen molar-refractivity contribution >= 4 is 0 Å². The Labute approximate surface area is 82.3 Å². The minimum atomic E-state index is 0.234. The average Bonchev–Trinajstić information content (AvgIpc) is 2.00. The maximum Gasteiger partial charge on any atom is 0.0558 e. The van der Waals surface area contributed by atoms with Gasteiger partial charge in [0.05, 0.1) is 6.61 Å². The SMILES string of the molecule is C=CCN(CCO)CCC(C)(C)C. The van der Waals surface area contributed by atoms with Crippen LogP contribution in [0.25, 0.3) is 0 Å². The van der Waals surface area contributed by atoms with Gasteiger partial charge in [-0.05, 0) is 18.4 Å². The maximum atomic E-state index is 8.82. The predicted molar refractivity (Wildman–Crippen MR) is 57.8 cm³/mol. The number of hydrogen-bond acceptors (Lipinski definition) is 2. The van der Waals surface area contributed by atoms with Crippen molar-refractivity contribution in [2.75, 3.05) is 26.2 Å². The summed E-state index contributed by atoms with van der Waals surface area (Å²) in [6.07, 6.45) is 3.04. The van der Waals surface area contributed by atoms with Gasteiger partial charge in [0, 0.05) is 13.1 Å². The molecule has 0 aliphatic carbocycles. The third-order valence-electron chi connectivity index (χ3n) is 1.98. The van der Waals surface area contributed by atoms with Gasteiger partial charge in [-0.1, -0.05) is 26.8 Å². The Kier molecular flexibility index (Phi) is 6.00. The van der Waals surface area contributed by atoms with E-state index in [4.69, 9.17) is 5.11 Å². The fourth-order valence-corrected chi connectivity index (χ4v) is 1.11. The lowest BCUT2D eigenvalue weighted by Gasteiger charge is -2.25. The summed E-state index contributed by atoms with van der Waals surface area (Å²) in [5, 5.41) is 8.82. The molecular formula is C11H23NO. The topological polar surface area (TPSA) is 23.5 Å². The number of aliphatic hydroxyl groups excluding tert-OH is 1. The van der Waals surface area contributed by atoms with E-state index in [9.17, 15) is 0 Å². The van der Waals surface area contributed by atoms with E-state index in [-0.39, 0.29) is 6.61 Å². The zero-order chi connectivity index (χ0) is 10.3. The first-order valence-electron chi connectivity index (χ1n) is 4.93. The summed E-state index contributed by atoms with van der Waals surface area (Å²) in [4.78, 5) is 2.22. The Morgan fingerprint density at radius 2 is 1.92 bits per heavy atom. The first kappa shape index (κ1) is 12.7. The molecule has 0 aliphatic heterocycles. The van der Waals surface area contributed by atoms with Crippen molar-refractivity contribution < 1.29 is 5.11 Å². The van der Waals surface area contributed by atoms with E-state index in [0.717, 1.165) is 26.1 Å². The van der Waals surface area contributed by atoms with Gasteiger partial charge < -0.3 is 5.11 Å². The Bertz CT molecular complexity index is 138. The highest BCUT2D eigenvalue weighted by Crippen LogP contribution is 2.18. The normalized spacial score (nSPS) is 12.1. The van der Waals surface area contributed by atoms with Crippen LogP contribution in [-0.4, -0.2) is 36.2 Å². The molecule has 0 bridgehead atoms. The van der Waals surface area contributed by atoms with Crippen LogP contribution in [0.15, 0.2) is 12.7 Å². The monoisotopic (exact) mass is 185 g/mol. The standard InChI is InChI=1S/C11H23NO/c1-5-7-12(9-10-13)8-6-11(2,3)4/h5,13H,1,6-10H2,2-4H3. The molecule has 0 aromatic carbocycles. The van der Waals surface area contributed by atoms with Crippen molar-refractivity contribution in [2.45, 2.75) is 27.2 Å². The quantitative estimate of drug-likeness (QED) is 0.639. The summed E-state index contributed by atoms with van der Waals surface area (Å²) in [5.74, 6) is 0. The molecule has 0 spiro atoms. The van der Waals surface area contributed by atoms with Crippen LogP contribution in [0.5, 0.6) is 0 Å². The summed E-state index contributed by atoms with van der Waals surface area (Å²) in [5.41, 5.74) is 0.370. The minimum Gasteiger partial charge on any atom is -0.395 e. The first-order valence-corrected chi connectivity index (χ1v) is 4.93. The Morgan fingerprint density at radius 3 is 2.31 bits per heavy atom. The number of hydrogen-bond donors (Lipinski definition) is 1. The Morgan fingerprint density at radius 1 is 1.31 bits per heavy atom. The van der Waals surface area contributed by atoms with Gasteiger partial charge in [-0.2, -0.15) is 0 Å². The summed E-state index contributed by atoms with van der Waals surface area (Å²) in [6.45, 7) is 13.3. The van der Waals surface area contributed by atoms with E-state index in [1.807, 2.05) is 6.08 Å². The summed E-state index contributed by atoms with van der Waals surface area (Å²) >= 11 is 0. The van der Waals surface area contributed by atoms with Crippen molar-refractivity contribution in [3.05, 3.63) is 12.7 Å². The van der Waals surface area contributed by atoms with Gasteiger partial charge in [-0.15, -0.1) is 6.58 Å². The van der Waals surface area contributed by atoms with Crippen molar-refractivity contribution in [1.29, 1.82) is 0 Å². The molecule has 0 fully saturated rings. The highest BCUT2D eigenvalue weighted by Gasteiger charge is 2.12. The second-order valence-corrected chi connectivity index (χ2v) is 4.62. The summed E-state index contributed by atoms with van der Waals surface area (Å²) in [6, 6.07) is 0. The van der Waals surface area contributed by atoms with Crippen molar-refractivity contribution in [2.24, 2.45) is 5.41 Å².